The highest BCUT2D eigenvalue weighted by Crippen LogP contribution is 2.30. The molecule has 3 rings (SSSR count). The Kier molecular flexibility index (Phi) is 6.30. The van der Waals surface area contributed by atoms with Gasteiger partial charge in [-0.2, -0.15) is 0 Å². The van der Waals surface area contributed by atoms with E-state index in [-0.39, 0.29) is 17.8 Å². The van der Waals surface area contributed by atoms with Gasteiger partial charge in [-0.1, -0.05) is 38.8 Å². The number of carbonyl (C=O) groups excluding carboxylic acids is 1. The van der Waals surface area contributed by atoms with E-state index >= 15 is 0 Å². The van der Waals surface area contributed by atoms with Gasteiger partial charge in [0.15, 0.2) is 0 Å². The molecular formula is C21H25FN2OS. The maximum absolute atomic E-state index is 13.3. The average Bonchev–Trinajstić information content (AvgIpc) is 2.64. The van der Waals surface area contributed by atoms with Crippen molar-refractivity contribution >= 4 is 17.7 Å². The number of hydrogen-bond acceptors (Lipinski definition) is 3. The summed E-state index contributed by atoms with van der Waals surface area (Å²) in [7, 11) is 0. The van der Waals surface area contributed by atoms with Crippen LogP contribution in [0.3, 0.4) is 0 Å². The van der Waals surface area contributed by atoms with Crippen molar-refractivity contribution in [2.75, 3.05) is 0 Å². The fraction of sp³-hybridized carbons (Fsp3) is 0.429. The van der Waals surface area contributed by atoms with E-state index < -0.39 is 0 Å². The normalized spacial score (nSPS) is 22.8. The summed E-state index contributed by atoms with van der Waals surface area (Å²) in [6.07, 6.45) is 5.11. The Morgan fingerprint density at radius 1 is 1.27 bits per heavy atom. The molecule has 1 aromatic carbocycles. The van der Waals surface area contributed by atoms with Gasteiger partial charge >= 0.3 is 0 Å². The second-order valence-electron chi connectivity index (χ2n) is 7.12. The molecule has 3 atom stereocenters. The lowest BCUT2D eigenvalue weighted by Gasteiger charge is -2.34. The largest absolute Gasteiger partial charge is 0.349 e. The Hall–Kier alpha value is -1.88. The van der Waals surface area contributed by atoms with Gasteiger partial charge in [-0.15, -0.1) is 11.8 Å². The predicted molar refractivity (Wildman–Crippen MR) is 104 cm³/mol. The first-order valence-electron chi connectivity index (χ1n) is 9.17. The van der Waals surface area contributed by atoms with E-state index in [1.807, 2.05) is 12.1 Å². The zero-order valence-corrected chi connectivity index (χ0v) is 16.1. The third-order valence-corrected chi connectivity index (χ3v) is 6.38. The smallest absolute Gasteiger partial charge is 0.254 e. The summed E-state index contributed by atoms with van der Waals surface area (Å²) in [6.45, 7) is 4.48. The van der Waals surface area contributed by atoms with Crippen LogP contribution in [-0.4, -0.2) is 16.9 Å². The topological polar surface area (TPSA) is 42.0 Å². The van der Waals surface area contributed by atoms with Gasteiger partial charge in [-0.3, -0.25) is 4.79 Å². The highest BCUT2D eigenvalue weighted by atomic mass is 32.2. The summed E-state index contributed by atoms with van der Waals surface area (Å²) in [5, 5.41) is 3.90. The van der Waals surface area contributed by atoms with Crippen molar-refractivity contribution in [2.24, 2.45) is 11.8 Å². The van der Waals surface area contributed by atoms with Crippen LogP contribution in [0.1, 0.15) is 49.0 Å². The molecule has 5 heteroatoms. The quantitative estimate of drug-likeness (QED) is 0.745. The van der Waals surface area contributed by atoms with Crippen molar-refractivity contribution in [3.8, 4) is 0 Å². The maximum Gasteiger partial charge on any atom is 0.254 e. The summed E-state index contributed by atoms with van der Waals surface area (Å²) < 4.78 is 13.3. The first-order valence-corrected chi connectivity index (χ1v) is 10.2. The lowest BCUT2D eigenvalue weighted by atomic mass is 9.78. The Bertz CT molecular complexity index is 767. The zero-order valence-electron chi connectivity index (χ0n) is 15.2. The van der Waals surface area contributed by atoms with Crippen molar-refractivity contribution in [1.82, 2.24) is 10.3 Å². The molecular weight excluding hydrogens is 347 g/mol. The van der Waals surface area contributed by atoms with E-state index in [4.69, 9.17) is 0 Å². The number of halogens is 1. The summed E-state index contributed by atoms with van der Waals surface area (Å²) >= 11 is 1.46. The number of rotatable bonds is 5. The molecule has 1 aromatic heterocycles. The Labute approximate surface area is 158 Å². The molecule has 3 nitrogen and oxygen atoms in total. The van der Waals surface area contributed by atoms with Crippen LogP contribution in [0.5, 0.6) is 0 Å². The van der Waals surface area contributed by atoms with Gasteiger partial charge < -0.3 is 5.32 Å². The van der Waals surface area contributed by atoms with Crippen molar-refractivity contribution < 1.29 is 9.18 Å². The first kappa shape index (κ1) is 18.9. The number of nitrogens with one attached hydrogen (secondary N) is 1. The number of pyridine rings is 1. The Morgan fingerprint density at radius 2 is 2.12 bits per heavy atom. The Balaban J connectivity index is 1.69. The van der Waals surface area contributed by atoms with Crippen LogP contribution < -0.4 is 5.32 Å². The molecule has 0 aliphatic heterocycles. The van der Waals surface area contributed by atoms with Gasteiger partial charge in [0, 0.05) is 18.0 Å². The van der Waals surface area contributed by atoms with E-state index in [1.54, 1.807) is 18.3 Å². The number of hydrogen-bond donors (Lipinski definition) is 1. The summed E-state index contributed by atoms with van der Waals surface area (Å²) in [5.41, 5.74) is 1.47. The van der Waals surface area contributed by atoms with Crippen molar-refractivity contribution in [3.63, 3.8) is 0 Å². The van der Waals surface area contributed by atoms with Crippen LogP contribution in [-0.2, 0) is 5.75 Å². The highest BCUT2D eigenvalue weighted by Gasteiger charge is 2.29. The molecule has 1 N–H and O–H groups in total. The second-order valence-corrected chi connectivity index (χ2v) is 8.09. The minimum atomic E-state index is -0.248. The van der Waals surface area contributed by atoms with Gasteiger partial charge in [0.05, 0.1) is 5.56 Å². The summed E-state index contributed by atoms with van der Waals surface area (Å²) in [5.74, 6) is 1.37. The third kappa shape index (κ3) is 4.64. The molecule has 1 amide bonds. The molecule has 1 heterocycles. The monoisotopic (exact) mass is 372 g/mol. The minimum absolute atomic E-state index is 0.0641. The van der Waals surface area contributed by atoms with Crippen LogP contribution >= 0.6 is 11.8 Å². The van der Waals surface area contributed by atoms with E-state index in [0.29, 0.717) is 28.2 Å². The fourth-order valence-electron chi connectivity index (χ4n) is 3.49. The minimum Gasteiger partial charge on any atom is -0.349 e. The van der Waals surface area contributed by atoms with Gasteiger partial charge in [0.2, 0.25) is 0 Å². The summed E-state index contributed by atoms with van der Waals surface area (Å²) in [4.78, 5) is 17.2. The van der Waals surface area contributed by atoms with Gasteiger partial charge in [0.1, 0.15) is 10.8 Å². The van der Waals surface area contributed by atoms with Crippen molar-refractivity contribution in [3.05, 3.63) is 59.5 Å². The standard InChI is InChI=1S/C21H25FN2OS/c1-14-6-3-10-19(15(14)2)24-20(25)18-9-5-11-23-21(18)26-13-16-7-4-8-17(22)12-16/h4-5,7-9,11-12,14-15,19H,3,6,10,13H2,1-2H3,(H,24,25). The summed E-state index contributed by atoms with van der Waals surface area (Å²) in [6, 6.07) is 10.3. The number of thioether (sulfide) groups is 1. The van der Waals surface area contributed by atoms with E-state index in [2.05, 4.69) is 24.1 Å². The maximum atomic E-state index is 13.3. The molecule has 2 aromatic rings. The van der Waals surface area contributed by atoms with E-state index in [1.165, 1.54) is 30.3 Å². The third-order valence-electron chi connectivity index (χ3n) is 5.30. The van der Waals surface area contributed by atoms with Crippen LogP contribution in [0.4, 0.5) is 4.39 Å². The Morgan fingerprint density at radius 3 is 2.92 bits per heavy atom. The average molecular weight is 373 g/mol. The molecule has 0 spiro atoms. The number of nitrogens with zero attached hydrogens (tertiary/aromatic N) is 1. The number of aromatic nitrogens is 1. The van der Waals surface area contributed by atoms with E-state index in [0.717, 1.165) is 18.4 Å². The lowest BCUT2D eigenvalue weighted by Crippen LogP contribution is -2.43. The molecule has 0 bridgehead atoms. The number of benzene rings is 1. The molecule has 3 unspecified atom stereocenters. The van der Waals surface area contributed by atoms with Crippen molar-refractivity contribution in [1.29, 1.82) is 0 Å². The fourth-order valence-corrected chi connectivity index (χ4v) is 4.42. The number of amides is 1. The second kappa shape index (κ2) is 8.67. The molecule has 26 heavy (non-hydrogen) atoms. The molecule has 1 fully saturated rings. The highest BCUT2D eigenvalue weighted by molar-refractivity contribution is 7.98. The molecule has 1 saturated carbocycles. The molecule has 0 saturated heterocycles. The number of carbonyl (C=O) groups is 1. The van der Waals surface area contributed by atoms with Gasteiger partial charge in [0.25, 0.3) is 5.91 Å². The van der Waals surface area contributed by atoms with Crippen LogP contribution in [0.2, 0.25) is 0 Å². The van der Waals surface area contributed by atoms with E-state index in [9.17, 15) is 9.18 Å². The first-order chi connectivity index (χ1) is 12.5. The molecule has 1 aliphatic rings. The molecule has 0 radical (unpaired) electrons. The SMILES string of the molecule is CC1CCCC(NC(=O)c2cccnc2SCc2cccc(F)c2)C1C. The zero-order chi connectivity index (χ0) is 18.5. The molecule has 138 valence electrons. The van der Waals surface area contributed by atoms with Crippen molar-refractivity contribution in [2.45, 2.75) is 49.9 Å². The predicted octanol–water partition coefficient (Wildman–Crippen LogP) is 5.07. The molecule has 1 aliphatic carbocycles. The van der Waals surface area contributed by atoms with Crippen LogP contribution in [0, 0.1) is 17.7 Å². The van der Waals surface area contributed by atoms with Gasteiger partial charge in [-0.05, 0) is 48.1 Å². The van der Waals surface area contributed by atoms with Crippen LogP contribution in [0.15, 0.2) is 47.6 Å². The lowest BCUT2D eigenvalue weighted by molar-refractivity contribution is 0.0887. The van der Waals surface area contributed by atoms with Crippen LogP contribution in [0.25, 0.3) is 0 Å². The van der Waals surface area contributed by atoms with Gasteiger partial charge in [-0.25, -0.2) is 9.37 Å².